The third-order valence-electron chi connectivity index (χ3n) is 2.34. The van der Waals surface area contributed by atoms with Crippen molar-refractivity contribution in [2.45, 2.75) is 46.5 Å². The van der Waals surface area contributed by atoms with Gasteiger partial charge in [0.05, 0.1) is 26.4 Å². The lowest BCUT2D eigenvalue weighted by atomic mass is 10.1. The van der Waals surface area contributed by atoms with Crippen LogP contribution in [0.25, 0.3) is 0 Å². The Morgan fingerprint density at radius 1 is 0.950 bits per heavy atom. The van der Waals surface area contributed by atoms with Crippen molar-refractivity contribution >= 4 is 10.4 Å². The minimum Gasteiger partial charge on any atom is -0.327 e. The van der Waals surface area contributed by atoms with Crippen molar-refractivity contribution in [3.63, 3.8) is 0 Å². The third-order valence-corrected chi connectivity index (χ3v) is 2.81. The number of ether oxygens (including phenoxy) is 3. The fourth-order valence-electron chi connectivity index (χ4n) is 1.44. The molecule has 0 aromatic heterocycles. The molecule has 0 aromatic rings. The standard InChI is InChI=1S/C12H26O7S/c1-5-7-16-12(11(3)4,17-8-6-2)18-9-10-19-20(13,14)15/h11H,5-10H2,1-4H3,(H,13,14,15). The van der Waals surface area contributed by atoms with E-state index >= 15 is 0 Å². The second-order valence-electron chi connectivity index (χ2n) is 4.55. The van der Waals surface area contributed by atoms with Crippen molar-refractivity contribution in [3.8, 4) is 0 Å². The minimum absolute atomic E-state index is 0.0780. The Balaban J connectivity index is 4.55. The van der Waals surface area contributed by atoms with Crippen molar-refractivity contribution in [2.75, 3.05) is 26.4 Å². The topological polar surface area (TPSA) is 91.3 Å². The molecule has 0 fully saturated rings. The molecule has 8 heteroatoms. The van der Waals surface area contributed by atoms with Gasteiger partial charge in [0.2, 0.25) is 0 Å². The van der Waals surface area contributed by atoms with Crippen LogP contribution >= 0.6 is 0 Å². The maximum Gasteiger partial charge on any atom is 0.397 e. The fraction of sp³-hybridized carbons (Fsp3) is 1.00. The molecule has 0 saturated carbocycles. The van der Waals surface area contributed by atoms with Crippen LogP contribution in [0.5, 0.6) is 0 Å². The van der Waals surface area contributed by atoms with Crippen molar-refractivity contribution in [3.05, 3.63) is 0 Å². The zero-order chi connectivity index (χ0) is 15.6. The van der Waals surface area contributed by atoms with Crippen molar-refractivity contribution in [1.82, 2.24) is 0 Å². The maximum absolute atomic E-state index is 10.4. The number of hydrogen-bond acceptors (Lipinski definition) is 6. The Labute approximate surface area is 121 Å². The van der Waals surface area contributed by atoms with E-state index in [1.165, 1.54) is 0 Å². The molecule has 0 amide bonds. The Morgan fingerprint density at radius 3 is 1.75 bits per heavy atom. The minimum atomic E-state index is -4.46. The van der Waals surface area contributed by atoms with E-state index in [2.05, 4.69) is 4.18 Å². The molecule has 0 rings (SSSR count). The first kappa shape index (κ1) is 19.8. The summed E-state index contributed by atoms with van der Waals surface area (Å²) in [4.78, 5) is 0. The average molecular weight is 314 g/mol. The highest BCUT2D eigenvalue weighted by molar-refractivity contribution is 7.80. The van der Waals surface area contributed by atoms with E-state index in [0.717, 1.165) is 12.8 Å². The summed E-state index contributed by atoms with van der Waals surface area (Å²) in [5.74, 6) is -1.32. The molecule has 0 aromatic carbocycles. The molecule has 0 bridgehead atoms. The van der Waals surface area contributed by atoms with Crippen LogP contribution in [0.4, 0.5) is 0 Å². The van der Waals surface area contributed by atoms with Crippen LogP contribution < -0.4 is 0 Å². The van der Waals surface area contributed by atoms with Gasteiger partial charge in [0.25, 0.3) is 5.97 Å². The van der Waals surface area contributed by atoms with Gasteiger partial charge in [-0.3, -0.25) is 4.55 Å². The lowest BCUT2D eigenvalue weighted by Gasteiger charge is -2.36. The SMILES string of the molecule is CCCOC(OCCC)(OCCOS(=O)(=O)O)C(C)C. The molecule has 0 unspecified atom stereocenters. The average Bonchev–Trinajstić information content (AvgIpc) is 2.35. The monoisotopic (exact) mass is 314 g/mol. The Kier molecular flexibility index (Phi) is 9.52. The number of hydrogen-bond donors (Lipinski definition) is 1. The van der Waals surface area contributed by atoms with Gasteiger partial charge in [-0.05, 0) is 12.8 Å². The number of rotatable bonds is 12. The first-order chi connectivity index (χ1) is 9.27. The molecule has 122 valence electrons. The molecule has 0 saturated heterocycles. The Bertz CT molecular complexity index is 332. The van der Waals surface area contributed by atoms with E-state index in [-0.39, 0.29) is 19.1 Å². The van der Waals surface area contributed by atoms with Gasteiger partial charge in [0.15, 0.2) is 0 Å². The lowest BCUT2D eigenvalue weighted by Crippen LogP contribution is -2.45. The second kappa shape index (κ2) is 9.64. The summed E-state index contributed by atoms with van der Waals surface area (Å²) in [6, 6.07) is 0. The largest absolute Gasteiger partial charge is 0.397 e. The van der Waals surface area contributed by atoms with Crippen LogP contribution in [0.1, 0.15) is 40.5 Å². The summed E-state index contributed by atoms with van der Waals surface area (Å²) in [5.41, 5.74) is 0. The van der Waals surface area contributed by atoms with E-state index in [1.807, 2.05) is 27.7 Å². The van der Waals surface area contributed by atoms with Gasteiger partial charge in [-0.2, -0.15) is 8.42 Å². The molecule has 0 atom stereocenters. The zero-order valence-corrected chi connectivity index (χ0v) is 13.4. The van der Waals surface area contributed by atoms with Gasteiger partial charge < -0.3 is 14.2 Å². The van der Waals surface area contributed by atoms with Crippen molar-refractivity contribution in [1.29, 1.82) is 0 Å². The van der Waals surface area contributed by atoms with Gasteiger partial charge in [-0.1, -0.05) is 27.7 Å². The normalized spacial score (nSPS) is 13.1. The molecule has 1 N–H and O–H groups in total. The summed E-state index contributed by atoms with van der Waals surface area (Å²) >= 11 is 0. The predicted molar refractivity (Wildman–Crippen MR) is 73.5 cm³/mol. The van der Waals surface area contributed by atoms with Gasteiger partial charge in [-0.25, -0.2) is 4.18 Å². The highest BCUT2D eigenvalue weighted by Gasteiger charge is 2.37. The third kappa shape index (κ3) is 8.13. The zero-order valence-electron chi connectivity index (χ0n) is 12.6. The molecule has 7 nitrogen and oxygen atoms in total. The molecular formula is C12H26O7S. The molecule has 0 radical (unpaired) electrons. The van der Waals surface area contributed by atoms with Crippen LogP contribution in [-0.2, 0) is 28.8 Å². The predicted octanol–water partition coefficient (Wildman–Crippen LogP) is 1.99. The molecule has 0 aliphatic rings. The summed E-state index contributed by atoms with van der Waals surface area (Å²) in [5, 5.41) is 0. The van der Waals surface area contributed by atoms with Crippen LogP contribution in [-0.4, -0.2) is 45.4 Å². The van der Waals surface area contributed by atoms with Crippen molar-refractivity contribution < 1.29 is 31.4 Å². The van der Waals surface area contributed by atoms with Crippen LogP contribution in [0, 0.1) is 5.92 Å². The van der Waals surface area contributed by atoms with Crippen molar-refractivity contribution in [2.24, 2.45) is 5.92 Å². The van der Waals surface area contributed by atoms with Gasteiger partial charge in [0.1, 0.15) is 0 Å². The molecule has 0 aliphatic carbocycles. The summed E-state index contributed by atoms with van der Waals surface area (Å²) in [7, 11) is -4.46. The quantitative estimate of drug-likeness (QED) is 0.334. The molecular weight excluding hydrogens is 288 g/mol. The van der Waals surface area contributed by atoms with E-state index in [0.29, 0.717) is 13.2 Å². The van der Waals surface area contributed by atoms with E-state index in [1.54, 1.807) is 0 Å². The van der Waals surface area contributed by atoms with E-state index < -0.39 is 16.4 Å². The Hall–Kier alpha value is -0.250. The molecule has 0 heterocycles. The highest BCUT2D eigenvalue weighted by atomic mass is 32.3. The lowest BCUT2D eigenvalue weighted by molar-refractivity contribution is -0.401. The molecule has 20 heavy (non-hydrogen) atoms. The van der Waals surface area contributed by atoms with E-state index in [4.69, 9.17) is 18.8 Å². The first-order valence-electron chi connectivity index (χ1n) is 6.81. The summed E-state index contributed by atoms with van der Waals surface area (Å²) in [6.07, 6.45) is 1.60. The summed E-state index contributed by atoms with van der Waals surface area (Å²) < 4.78 is 50.4. The molecule has 0 spiro atoms. The smallest absolute Gasteiger partial charge is 0.327 e. The summed E-state index contributed by atoms with van der Waals surface area (Å²) in [6.45, 7) is 8.23. The van der Waals surface area contributed by atoms with Gasteiger partial charge in [0, 0.05) is 5.92 Å². The first-order valence-corrected chi connectivity index (χ1v) is 8.17. The maximum atomic E-state index is 10.4. The highest BCUT2D eigenvalue weighted by Crippen LogP contribution is 2.26. The fourth-order valence-corrected chi connectivity index (χ4v) is 1.72. The Morgan fingerprint density at radius 2 is 1.40 bits per heavy atom. The van der Waals surface area contributed by atoms with Crippen LogP contribution in [0.2, 0.25) is 0 Å². The van der Waals surface area contributed by atoms with Crippen LogP contribution in [0.3, 0.4) is 0 Å². The van der Waals surface area contributed by atoms with Gasteiger partial charge >= 0.3 is 10.4 Å². The van der Waals surface area contributed by atoms with Crippen LogP contribution in [0.15, 0.2) is 0 Å². The van der Waals surface area contributed by atoms with Gasteiger partial charge in [-0.15, -0.1) is 0 Å². The van der Waals surface area contributed by atoms with E-state index in [9.17, 15) is 8.42 Å². The second-order valence-corrected chi connectivity index (χ2v) is 5.64. The molecule has 0 aliphatic heterocycles.